The Morgan fingerprint density at radius 1 is 0.771 bits per heavy atom. The summed E-state index contributed by atoms with van der Waals surface area (Å²) >= 11 is 25.1. The summed E-state index contributed by atoms with van der Waals surface area (Å²) in [4.78, 5) is 28.2. The van der Waals surface area contributed by atoms with E-state index in [-0.39, 0.29) is 37.8 Å². The van der Waals surface area contributed by atoms with E-state index in [0.717, 1.165) is 16.9 Å². The van der Waals surface area contributed by atoms with Gasteiger partial charge in [-0.15, -0.1) is 0 Å². The smallest absolute Gasteiger partial charge is 0.260 e. The third-order valence-electron chi connectivity index (χ3n) is 5.82. The minimum Gasteiger partial charge on any atom is -0.345 e. The highest BCUT2D eigenvalue weighted by Gasteiger charge is 2.27. The Labute approximate surface area is 221 Å². The van der Waals surface area contributed by atoms with Gasteiger partial charge in [0, 0.05) is 29.1 Å². The monoisotopic (exact) mass is 543 g/mol. The fourth-order valence-corrected chi connectivity index (χ4v) is 4.91. The Hall–Kier alpha value is -2.96. The van der Waals surface area contributed by atoms with Crippen molar-refractivity contribution in [3.05, 3.63) is 115 Å². The van der Waals surface area contributed by atoms with Crippen molar-refractivity contribution < 1.29 is 9.59 Å². The topological polar surface area (TPSA) is 54.3 Å². The van der Waals surface area contributed by atoms with Gasteiger partial charge in [0.05, 0.1) is 38.4 Å². The minimum absolute atomic E-state index is 0.156. The number of rotatable bonds is 3. The van der Waals surface area contributed by atoms with Crippen LogP contribution in [0.4, 0.5) is 11.4 Å². The second kappa shape index (κ2) is 9.59. The molecule has 1 N–H and O–H groups in total. The highest BCUT2D eigenvalue weighted by molar-refractivity contribution is 6.39. The van der Waals surface area contributed by atoms with Crippen molar-refractivity contribution in [2.75, 3.05) is 10.2 Å². The van der Waals surface area contributed by atoms with Crippen molar-refractivity contribution in [1.29, 1.82) is 0 Å². The first-order valence-electron chi connectivity index (χ1n) is 10.6. The zero-order valence-corrected chi connectivity index (χ0v) is 21.1. The lowest BCUT2D eigenvalue weighted by Crippen LogP contribution is -2.31. The molecule has 0 aliphatic carbocycles. The average Bonchev–Trinajstić information content (AvgIpc) is 3.21. The van der Waals surface area contributed by atoms with Gasteiger partial charge in [-0.1, -0.05) is 64.6 Å². The van der Waals surface area contributed by atoms with Crippen molar-refractivity contribution in [1.82, 2.24) is 4.57 Å². The normalized spacial score (nSPS) is 12.5. The predicted molar refractivity (Wildman–Crippen MR) is 141 cm³/mol. The summed E-state index contributed by atoms with van der Waals surface area (Å²) in [6.45, 7) is 1.04. The minimum atomic E-state index is -0.503. The molecule has 0 spiro atoms. The van der Waals surface area contributed by atoms with E-state index < -0.39 is 5.91 Å². The molecule has 5 nitrogen and oxygen atoms in total. The van der Waals surface area contributed by atoms with Crippen LogP contribution in [0.3, 0.4) is 0 Å². The molecule has 1 aliphatic rings. The summed E-state index contributed by atoms with van der Waals surface area (Å²) in [6, 6.07) is 19.2. The van der Waals surface area contributed by atoms with Gasteiger partial charge >= 0.3 is 0 Å². The summed E-state index contributed by atoms with van der Waals surface area (Å²) in [6.07, 6.45) is 1.99. The first kappa shape index (κ1) is 23.8. The maximum absolute atomic E-state index is 13.7. The number of nitrogens with one attached hydrogen (secondary N) is 1. The summed E-state index contributed by atoms with van der Waals surface area (Å²) < 4.78 is 2.11. The van der Waals surface area contributed by atoms with Crippen LogP contribution in [0, 0.1) is 0 Å². The van der Waals surface area contributed by atoms with E-state index in [2.05, 4.69) is 9.88 Å². The highest BCUT2D eigenvalue weighted by Crippen LogP contribution is 2.34. The lowest BCUT2D eigenvalue weighted by atomic mass is 10.1. The molecule has 0 saturated heterocycles. The maximum atomic E-state index is 13.7. The third kappa shape index (κ3) is 4.65. The summed E-state index contributed by atoms with van der Waals surface area (Å²) in [5.41, 5.74) is 3.49. The molecule has 0 atom stereocenters. The number of amides is 2. The molecule has 2 amide bonds. The number of carbonyl (C=O) groups is 2. The molecule has 9 heteroatoms. The first-order chi connectivity index (χ1) is 16.8. The molecular weight excluding hydrogens is 528 g/mol. The molecular formula is C26H17Cl4N3O2. The summed E-state index contributed by atoms with van der Waals surface area (Å²) in [7, 11) is 0. The molecule has 1 aliphatic heterocycles. The molecule has 2 heterocycles. The fraction of sp³-hybridized carbons (Fsp3) is 0.0769. The number of para-hydroxylation sites is 1. The number of halogens is 4. The van der Waals surface area contributed by atoms with Gasteiger partial charge in [-0.2, -0.15) is 0 Å². The summed E-state index contributed by atoms with van der Waals surface area (Å²) in [5.74, 6) is -0.800. The number of hydrogen-bond donors (Lipinski definition) is 1. The molecule has 1 aromatic heterocycles. The van der Waals surface area contributed by atoms with Gasteiger partial charge in [-0.25, -0.2) is 0 Å². The Morgan fingerprint density at radius 2 is 1.57 bits per heavy atom. The Kier molecular flexibility index (Phi) is 6.51. The molecule has 0 bridgehead atoms. The van der Waals surface area contributed by atoms with Crippen LogP contribution in [0.25, 0.3) is 0 Å². The lowest BCUT2D eigenvalue weighted by molar-refractivity contribution is 0.0984. The number of nitrogens with zero attached hydrogens (tertiary/aromatic N) is 2. The van der Waals surface area contributed by atoms with Gasteiger partial charge in [0.1, 0.15) is 0 Å². The average molecular weight is 545 g/mol. The predicted octanol–water partition coefficient (Wildman–Crippen LogP) is 7.56. The van der Waals surface area contributed by atoms with E-state index in [1.165, 1.54) is 24.3 Å². The Balaban J connectivity index is 1.47. The zero-order chi connectivity index (χ0) is 24.7. The van der Waals surface area contributed by atoms with Gasteiger partial charge in [-0.3, -0.25) is 9.59 Å². The van der Waals surface area contributed by atoms with Crippen LogP contribution in [-0.2, 0) is 13.1 Å². The van der Waals surface area contributed by atoms with Crippen molar-refractivity contribution in [2.24, 2.45) is 0 Å². The summed E-state index contributed by atoms with van der Waals surface area (Å²) in [5, 5.41) is 3.62. The number of anilines is 2. The Morgan fingerprint density at radius 3 is 2.40 bits per heavy atom. The van der Waals surface area contributed by atoms with Crippen LogP contribution in [0.2, 0.25) is 20.1 Å². The van der Waals surface area contributed by atoms with Crippen LogP contribution in [-0.4, -0.2) is 16.4 Å². The SMILES string of the molecule is O=C(Nc1cc(Cl)c(C(=O)N2Cc3cccn3Cc3ccccc32)cc1Cl)c1cc(Cl)ccc1Cl. The molecule has 35 heavy (non-hydrogen) atoms. The molecule has 176 valence electrons. The second-order valence-corrected chi connectivity index (χ2v) is 9.70. The molecule has 3 aromatic carbocycles. The first-order valence-corrected chi connectivity index (χ1v) is 12.1. The largest absolute Gasteiger partial charge is 0.345 e. The van der Waals surface area contributed by atoms with E-state index >= 15 is 0 Å². The number of hydrogen-bond acceptors (Lipinski definition) is 2. The van der Waals surface area contributed by atoms with Crippen LogP contribution in [0.1, 0.15) is 32.0 Å². The molecule has 0 saturated carbocycles. The third-order valence-corrected chi connectivity index (χ3v) is 7.01. The number of benzene rings is 3. The molecule has 0 fully saturated rings. The van der Waals surface area contributed by atoms with Gasteiger partial charge in [0.15, 0.2) is 0 Å². The van der Waals surface area contributed by atoms with Crippen LogP contribution < -0.4 is 10.2 Å². The van der Waals surface area contributed by atoms with Crippen molar-refractivity contribution in [3.63, 3.8) is 0 Å². The maximum Gasteiger partial charge on any atom is 0.260 e. The zero-order valence-electron chi connectivity index (χ0n) is 18.1. The van der Waals surface area contributed by atoms with Crippen LogP contribution in [0.15, 0.2) is 72.9 Å². The van der Waals surface area contributed by atoms with E-state index in [1.54, 1.807) is 11.0 Å². The highest BCUT2D eigenvalue weighted by atomic mass is 35.5. The molecule has 4 aromatic rings. The molecule has 0 unspecified atom stereocenters. The van der Waals surface area contributed by atoms with Gasteiger partial charge < -0.3 is 14.8 Å². The molecule has 5 rings (SSSR count). The second-order valence-electron chi connectivity index (χ2n) is 8.04. The number of aromatic nitrogens is 1. The number of carbonyl (C=O) groups excluding carboxylic acids is 2. The van der Waals surface area contributed by atoms with E-state index in [9.17, 15) is 9.59 Å². The molecule has 0 radical (unpaired) electrons. The van der Waals surface area contributed by atoms with E-state index in [0.29, 0.717) is 18.1 Å². The van der Waals surface area contributed by atoms with Crippen LogP contribution >= 0.6 is 46.4 Å². The van der Waals surface area contributed by atoms with Crippen LogP contribution in [0.5, 0.6) is 0 Å². The Bertz CT molecular complexity index is 1480. The fourth-order valence-electron chi connectivity index (χ4n) is 4.08. The lowest BCUT2D eigenvalue weighted by Gasteiger charge is -2.23. The quantitative estimate of drug-likeness (QED) is 0.289. The van der Waals surface area contributed by atoms with E-state index in [1.807, 2.05) is 42.6 Å². The van der Waals surface area contributed by atoms with Gasteiger partial charge in [0.25, 0.3) is 11.8 Å². The standard InChI is InChI=1S/C26H17Cl4N3O2/c27-16-7-8-20(28)18(10-16)25(34)31-23-12-21(29)19(11-22(23)30)26(35)33-14-17-5-3-9-32(17)13-15-4-1-2-6-24(15)33/h1-12H,13-14H2,(H,31,34). The number of fused-ring (bicyclic) bond motifs is 2. The van der Waals surface area contributed by atoms with Gasteiger partial charge in [-0.05, 0) is 54.1 Å². The van der Waals surface area contributed by atoms with Crippen molar-refractivity contribution in [2.45, 2.75) is 13.1 Å². The van der Waals surface area contributed by atoms with E-state index in [4.69, 9.17) is 46.4 Å². The van der Waals surface area contributed by atoms with Crippen molar-refractivity contribution in [3.8, 4) is 0 Å². The van der Waals surface area contributed by atoms with Gasteiger partial charge in [0.2, 0.25) is 0 Å². The van der Waals surface area contributed by atoms with Crippen molar-refractivity contribution >= 4 is 69.6 Å².